The van der Waals surface area contributed by atoms with Crippen molar-refractivity contribution >= 4 is 35.7 Å². The van der Waals surface area contributed by atoms with Gasteiger partial charge in [-0.3, -0.25) is 4.99 Å². The summed E-state index contributed by atoms with van der Waals surface area (Å²) >= 11 is 7.77. The standard InChI is InChI=1S/C18H23ClN2O2S/c1-23-17(22)18(9-10-24-2)16(14-5-7-15(19)8-6-14)21(12-20-18)11-13-3-4-13/h5-8,12-13,16H,3-4,9-11H2,1-2H3. The minimum Gasteiger partial charge on any atom is -0.467 e. The first-order valence-corrected chi connectivity index (χ1v) is 10.0. The molecule has 1 aliphatic carbocycles. The molecule has 1 aromatic carbocycles. The second kappa shape index (κ2) is 7.36. The van der Waals surface area contributed by atoms with Crippen molar-refractivity contribution in [3.8, 4) is 0 Å². The predicted octanol–water partition coefficient (Wildman–Crippen LogP) is 3.80. The number of nitrogens with zero attached hydrogens (tertiary/aromatic N) is 2. The Morgan fingerprint density at radius 2 is 2.12 bits per heavy atom. The van der Waals surface area contributed by atoms with Crippen molar-refractivity contribution in [3.05, 3.63) is 34.9 Å². The summed E-state index contributed by atoms with van der Waals surface area (Å²) < 4.78 is 5.16. The number of hydrogen-bond acceptors (Lipinski definition) is 5. The molecule has 1 fully saturated rings. The Bertz CT molecular complexity index is 618. The largest absolute Gasteiger partial charge is 0.467 e. The lowest BCUT2D eigenvalue weighted by Crippen LogP contribution is -2.46. The van der Waals surface area contributed by atoms with E-state index in [0.29, 0.717) is 17.4 Å². The quantitative estimate of drug-likeness (QED) is 0.688. The number of ether oxygens (including phenoxy) is 1. The number of carbonyl (C=O) groups is 1. The maximum absolute atomic E-state index is 12.7. The summed E-state index contributed by atoms with van der Waals surface area (Å²) in [4.78, 5) is 19.7. The Labute approximate surface area is 152 Å². The monoisotopic (exact) mass is 366 g/mol. The van der Waals surface area contributed by atoms with Gasteiger partial charge in [0.25, 0.3) is 0 Å². The molecule has 6 heteroatoms. The molecule has 0 saturated heterocycles. The third kappa shape index (κ3) is 3.42. The Kier molecular flexibility index (Phi) is 5.40. The second-order valence-corrected chi connectivity index (χ2v) is 7.92. The average Bonchev–Trinajstić information content (AvgIpc) is 3.34. The van der Waals surface area contributed by atoms with Crippen molar-refractivity contribution in [1.29, 1.82) is 0 Å². The van der Waals surface area contributed by atoms with Crippen LogP contribution < -0.4 is 0 Å². The van der Waals surface area contributed by atoms with Crippen LogP contribution in [-0.4, -0.2) is 48.4 Å². The summed E-state index contributed by atoms with van der Waals surface area (Å²) in [5.74, 6) is 1.31. The summed E-state index contributed by atoms with van der Waals surface area (Å²) in [5.41, 5.74) is 0.185. The zero-order valence-corrected chi connectivity index (χ0v) is 15.6. The van der Waals surface area contributed by atoms with Gasteiger partial charge in [0.05, 0.1) is 19.5 Å². The lowest BCUT2D eigenvalue weighted by atomic mass is 9.83. The van der Waals surface area contributed by atoms with E-state index >= 15 is 0 Å². The Hall–Kier alpha value is -1.20. The highest BCUT2D eigenvalue weighted by Gasteiger charge is 2.53. The molecule has 0 aromatic heterocycles. The van der Waals surface area contributed by atoms with Crippen molar-refractivity contribution in [3.63, 3.8) is 0 Å². The molecule has 0 N–H and O–H groups in total. The molecule has 2 unspecified atom stereocenters. The number of esters is 1. The molecule has 24 heavy (non-hydrogen) atoms. The Balaban J connectivity index is 1.98. The van der Waals surface area contributed by atoms with Crippen LogP contribution in [0.25, 0.3) is 0 Å². The lowest BCUT2D eigenvalue weighted by molar-refractivity contribution is -0.148. The van der Waals surface area contributed by atoms with Crippen LogP contribution in [0.3, 0.4) is 0 Å². The summed E-state index contributed by atoms with van der Waals surface area (Å²) in [5, 5.41) is 0.694. The number of aliphatic imine (C=N–C) groups is 1. The Morgan fingerprint density at radius 1 is 1.42 bits per heavy atom. The highest BCUT2D eigenvalue weighted by Crippen LogP contribution is 2.44. The summed E-state index contributed by atoms with van der Waals surface area (Å²) in [6, 6.07) is 7.62. The zero-order valence-electron chi connectivity index (χ0n) is 14.1. The first-order valence-electron chi connectivity index (χ1n) is 8.24. The van der Waals surface area contributed by atoms with E-state index in [2.05, 4.69) is 4.90 Å². The molecule has 130 valence electrons. The molecule has 1 aromatic rings. The SMILES string of the molecule is COC(=O)C1(CCSC)N=CN(CC2CC2)C1c1ccc(Cl)cc1. The third-order valence-electron chi connectivity index (χ3n) is 4.80. The van der Waals surface area contributed by atoms with Gasteiger partial charge in [-0.2, -0.15) is 11.8 Å². The van der Waals surface area contributed by atoms with E-state index in [1.54, 1.807) is 11.8 Å². The molecule has 2 aliphatic rings. The van der Waals surface area contributed by atoms with E-state index in [-0.39, 0.29) is 12.0 Å². The van der Waals surface area contributed by atoms with Crippen LogP contribution in [0, 0.1) is 5.92 Å². The smallest absolute Gasteiger partial charge is 0.336 e. The number of methoxy groups -OCH3 is 1. The van der Waals surface area contributed by atoms with Gasteiger partial charge in [-0.15, -0.1) is 0 Å². The summed E-state index contributed by atoms with van der Waals surface area (Å²) in [6.07, 6.45) is 7.07. The number of benzene rings is 1. The van der Waals surface area contributed by atoms with Gasteiger partial charge in [0.1, 0.15) is 0 Å². The molecule has 0 spiro atoms. The van der Waals surface area contributed by atoms with Crippen LogP contribution in [0.5, 0.6) is 0 Å². The molecule has 1 aliphatic heterocycles. The summed E-state index contributed by atoms with van der Waals surface area (Å²) in [7, 11) is 1.45. The minimum atomic E-state index is -0.875. The maximum Gasteiger partial charge on any atom is 0.336 e. The second-order valence-electron chi connectivity index (χ2n) is 6.50. The highest BCUT2D eigenvalue weighted by atomic mass is 35.5. The van der Waals surface area contributed by atoms with Crippen molar-refractivity contribution in [1.82, 2.24) is 4.90 Å². The molecule has 0 bridgehead atoms. The highest BCUT2D eigenvalue weighted by molar-refractivity contribution is 7.98. The first kappa shape index (κ1) is 17.6. The van der Waals surface area contributed by atoms with Gasteiger partial charge in [-0.25, -0.2) is 4.79 Å². The number of thioether (sulfide) groups is 1. The van der Waals surface area contributed by atoms with Gasteiger partial charge < -0.3 is 9.64 Å². The molecular formula is C18H23ClN2O2S. The van der Waals surface area contributed by atoms with E-state index in [9.17, 15) is 4.79 Å². The molecule has 0 amide bonds. The van der Waals surface area contributed by atoms with Crippen LogP contribution >= 0.6 is 23.4 Å². The molecule has 1 heterocycles. The normalized spacial score (nSPS) is 26.0. The number of halogens is 1. The van der Waals surface area contributed by atoms with Crippen molar-refractivity contribution in [2.75, 3.05) is 25.7 Å². The fraction of sp³-hybridized carbons (Fsp3) is 0.556. The maximum atomic E-state index is 12.7. The third-order valence-corrected chi connectivity index (χ3v) is 5.66. The van der Waals surface area contributed by atoms with Crippen molar-refractivity contribution in [2.24, 2.45) is 10.9 Å². The van der Waals surface area contributed by atoms with Crippen molar-refractivity contribution < 1.29 is 9.53 Å². The predicted molar refractivity (Wildman–Crippen MR) is 99.9 cm³/mol. The molecule has 0 radical (unpaired) electrons. The number of carbonyl (C=O) groups excluding carboxylic acids is 1. The van der Waals surface area contributed by atoms with Gasteiger partial charge in [-0.1, -0.05) is 23.7 Å². The summed E-state index contributed by atoms with van der Waals surface area (Å²) in [6.45, 7) is 0.939. The van der Waals surface area contributed by atoms with Crippen LogP contribution in [0.15, 0.2) is 29.3 Å². The van der Waals surface area contributed by atoms with Crippen LogP contribution in [0.1, 0.15) is 30.9 Å². The van der Waals surface area contributed by atoms with Gasteiger partial charge in [0.2, 0.25) is 0 Å². The van der Waals surface area contributed by atoms with E-state index in [4.69, 9.17) is 21.3 Å². The molecule has 1 saturated carbocycles. The van der Waals surface area contributed by atoms with Crippen LogP contribution in [0.2, 0.25) is 5.02 Å². The van der Waals surface area contributed by atoms with Crippen molar-refractivity contribution in [2.45, 2.75) is 30.8 Å². The van der Waals surface area contributed by atoms with Gasteiger partial charge >= 0.3 is 5.97 Å². The van der Waals surface area contributed by atoms with E-state index in [1.165, 1.54) is 20.0 Å². The molecular weight excluding hydrogens is 344 g/mol. The Morgan fingerprint density at radius 3 is 2.71 bits per heavy atom. The number of rotatable bonds is 7. The molecule has 4 nitrogen and oxygen atoms in total. The van der Waals surface area contributed by atoms with E-state index in [0.717, 1.165) is 17.9 Å². The molecule has 3 rings (SSSR count). The van der Waals surface area contributed by atoms with Gasteiger partial charge in [-0.05, 0) is 54.9 Å². The number of hydrogen-bond donors (Lipinski definition) is 0. The fourth-order valence-electron chi connectivity index (χ4n) is 3.35. The van der Waals surface area contributed by atoms with Crippen LogP contribution in [-0.2, 0) is 9.53 Å². The minimum absolute atomic E-state index is 0.130. The van der Waals surface area contributed by atoms with Gasteiger partial charge in [0.15, 0.2) is 5.54 Å². The van der Waals surface area contributed by atoms with E-state index < -0.39 is 5.54 Å². The first-order chi connectivity index (χ1) is 11.6. The lowest BCUT2D eigenvalue weighted by Gasteiger charge is -2.35. The fourth-order valence-corrected chi connectivity index (χ4v) is 4.00. The van der Waals surface area contributed by atoms with Crippen LogP contribution in [0.4, 0.5) is 0 Å². The zero-order chi connectivity index (χ0) is 17.2. The topological polar surface area (TPSA) is 41.9 Å². The average molecular weight is 367 g/mol. The van der Waals surface area contributed by atoms with E-state index in [1.807, 2.05) is 36.9 Å². The molecule has 2 atom stereocenters. The van der Waals surface area contributed by atoms with Gasteiger partial charge in [0, 0.05) is 11.6 Å².